The average Bonchev–Trinajstić information content (AvgIpc) is 2.38. The molecular weight excluding hydrogens is 176 g/mol. The Labute approximate surface area is 88.1 Å². The largest absolute Gasteiger partial charge is 0.313 e. The van der Waals surface area contributed by atoms with E-state index in [-0.39, 0.29) is 14.9 Å². The highest BCUT2D eigenvalue weighted by Gasteiger charge is 1.89. The smallest absolute Gasteiger partial charge is 0.241 e. The second kappa shape index (κ2) is 11.7. The van der Waals surface area contributed by atoms with Crippen LogP contribution in [0.15, 0.2) is 17.6 Å². The molecule has 1 rings (SSSR count). The summed E-state index contributed by atoms with van der Waals surface area (Å²) in [4.78, 5) is 3.03. The molecule has 0 aromatic carbocycles. The van der Waals surface area contributed by atoms with Crippen molar-refractivity contribution in [1.82, 2.24) is 10.4 Å². The van der Waals surface area contributed by atoms with E-state index >= 15 is 0 Å². The summed E-state index contributed by atoms with van der Waals surface area (Å²) in [6.07, 6.45) is 5.63. The summed E-state index contributed by atoms with van der Waals surface area (Å²) in [5, 5.41) is 3.60. The first-order valence-electron chi connectivity index (χ1n) is 3.85. The van der Waals surface area contributed by atoms with E-state index < -0.39 is 0 Å². The van der Waals surface area contributed by atoms with Gasteiger partial charge in [-0.2, -0.15) is 5.10 Å². The number of rotatable bonds is 1. The van der Waals surface area contributed by atoms with Crippen LogP contribution in [0.4, 0.5) is 0 Å². The SMILES string of the molecule is C.C.C/C=N/NC.Cc1c[n+](C)c[nH]1. The lowest BCUT2D eigenvalue weighted by molar-refractivity contribution is -0.670. The highest BCUT2D eigenvalue weighted by atomic mass is 15.2. The monoisotopic (exact) mass is 201 g/mol. The predicted molar refractivity (Wildman–Crippen MR) is 63.4 cm³/mol. The standard InChI is InChI=1S/C5H8N2.C3H8N2.2CH4/c1-5-3-7(2)4-6-5;1-3-5-4-2;;/h3-4H,1-2H3;3-4H,1-2H3;2*1H4/p+1/b;5-3+;;. The quantitative estimate of drug-likeness (QED) is 0.405. The number of H-pyrrole nitrogens is 1. The molecule has 0 saturated heterocycles. The molecule has 0 saturated carbocycles. The van der Waals surface area contributed by atoms with Gasteiger partial charge >= 0.3 is 0 Å². The van der Waals surface area contributed by atoms with Gasteiger partial charge in [-0.05, 0) is 6.92 Å². The van der Waals surface area contributed by atoms with E-state index in [1.807, 2.05) is 38.0 Å². The fraction of sp³-hybridized carbons (Fsp3) is 0.600. The summed E-state index contributed by atoms with van der Waals surface area (Å²) in [7, 11) is 3.75. The van der Waals surface area contributed by atoms with Crippen LogP contribution in [0.5, 0.6) is 0 Å². The maximum absolute atomic E-state index is 3.60. The van der Waals surface area contributed by atoms with E-state index in [1.54, 1.807) is 13.3 Å². The van der Waals surface area contributed by atoms with Gasteiger partial charge in [-0.3, -0.25) is 0 Å². The van der Waals surface area contributed by atoms with Crippen molar-refractivity contribution in [3.05, 3.63) is 18.2 Å². The van der Waals surface area contributed by atoms with Gasteiger partial charge in [0.2, 0.25) is 6.33 Å². The van der Waals surface area contributed by atoms with Crippen LogP contribution in [0, 0.1) is 6.92 Å². The molecule has 84 valence electrons. The molecule has 4 heteroatoms. The Balaban J connectivity index is -0.000000159. The second-order valence-corrected chi connectivity index (χ2v) is 2.36. The molecule has 0 atom stereocenters. The molecule has 0 spiro atoms. The summed E-state index contributed by atoms with van der Waals surface area (Å²) in [6.45, 7) is 3.89. The number of hydrogen-bond donors (Lipinski definition) is 2. The van der Waals surface area contributed by atoms with E-state index in [4.69, 9.17) is 0 Å². The molecule has 0 aliphatic rings. The molecule has 4 nitrogen and oxygen atoms in total. The molecule has 1 heterocycles. The third-order valence-corrected chi connectivity index (χ3v) is 1.15. The lowest BCUT2D eigenvalue weighted by Crippen LogP contribution is -2.22. The summed E-state index contributed by atoms with van der Waals surface area (Å²) in [5.41, 5.74) is 3.78. The van der Waals surface area contributed by atoms with E-state index in [1.165, 1.54) is 5.69 Å². The Morgan fingerprint density at radius 2 is 2.07 bits per heavy atom. The summed E-state index contributed by atoms with van der Waals surface area (Å²) in [6, 6.07) is 0. The highest BCUT2D eigenvalue weighted by molar-refractivity contribution is 5.52. The van der Waals surface area contributed by atoms with Crippen molar-refractivity contribution in [2.24, 2.45) is 12.1 Å². The van der Waals surface area contributed by atoms with Crippen molar-refractivity contribution in [1.29, 1.82) is 0 Å². The topological polar surface area (TPSA) is 44.1 Å². The summed E-state index contributed by atoms with van der Waals surface area (Å²) < 4.78 is 1.98. The molecule has 0 radical (unpaired) electrons. The Morgan fingerprint density at radius 3 is 2.14 bits per heavy atom. The van der Waals surface area contributed by atoms with Crippen LogP contribution in [0.2, 0.25) is 0 Å². The van der Waals surface area contributed by atoms with Crippen LogP contribution in [0.1, 0.15) is 27.5 Å². The minimum atomic E-state index is 0. The third kappa shape index (κ3) is 10.7. The number of aryl methyl sites for hydroxylation is 2. The van der Waals surface area contributed by atoms with Gasteiger partial charge in [-0.25, -0.2) is 9.55 Å². The second-order valence-electron chi connectivity index (χ2n) is 2.36. The van der Waals surface area contributed by atoms with Crippen molar-refractivity contribution < 1.29 is 4.57 Å². The first-order chi connectivity index (χ1) is 5.70. The minimum Gasteiger partial charge on any atom is -0.313 e. The fourth-order valence-corrected chi connectivity index (χ4v) is 0.713. The number of aromatic nitrogens is 2. The van der Waals surface area contributed by atoms with Crippen molar-refractivity contribution in [3.8, 4) is 0 Å². The maximum atomic E-state index is 3.60. The zero-order valence-corrected chi connectivity index (χ0v) is 8.13. The first-order valence-corrected chi connectivity index (χ1v) is 3.85. The van der Waals surface area contributed by atoms with Crippen LogP contribution >= 0.6 is 0 Å². The zero-order chi connectivity index (χ0) is 9.40. The Kier molecular flexibility index (Phi) is 15.4. The first kappa shape index (κ1) is 18.5. The Morgan fingerprint density at radius 1 is 1.50 bits per heavy atom. The van der Waals surface area contributed by atoms with Crippen molar-refractivity contribution >= 4 is 6.21 Å². The molecule has 0 fully saturated rings. The number of aromatic amines is 1. The van der Waals surface area contributed by atoms with Crippen LogP contribution in [-0.4, -0.2) is 18.2 Å². The van der Waals surface area contributed by atoms with Gasteiger partial charge in [0.25, 0.3) is 0 Å². The fourth-order valence-electron chi connectivity index (χ4n) is 0.713. The van der Waals surface area contributed by atoms with Crippen molar-refractivity contribution in [2.75, 3.05) is 7.05 Å². The van der Waals surface area contributed by atoms with Crippen LogP contribution in [0.3, 0.4) is 0 Å². The molecule has 0 aliphatic heterocycles. The van der Waals surface area contributed by atoms with Gasteiger partial charge in [0.15, 0.2) is 0 Å². The molecule has 2 N–H and O–H groups in total. The third-order valence-electron chi connectivity index (χ3n) is 1.15. The van der Waals surface area contributed by atoms with Crippen LogP contribution in [-0.2, 0) is 7.05 Å². The number of nitrogens with zero attached hydrogens (tertiary/aromatic N) is 2. The van der Waals surface area contributed by atoms with Gasteiger partial charge < -0.3 is 5.43 Å². The van der Waals surface area contributed by atoms with E-state index in [9.17, 15) is 0 Å². The zero-order valence-electron chi connectivity index (χ0n) is 8.13. The number of hydrogen-bond acceptors (Lipinski definition) is 2. The predicted octanol–water partition coefficient (Wildman–Crippen LogP) is 1.63. The average molecular weight is 201 g/mol. The van der Waals surface area contributed by atoms with Gasteiger partial charge in [-0.1, -0.05) is 14.9 Å². The van der Waals surface area contributed by atoms with E-state index in [0.717, 1.165) is 0 Å². The maximum Gasteiger partial charge on any atom is 0.241 e. The number of hydrazone groups is 1. The van der Waals surface area contributed by atoms with Crippen molar-refractivity contribution in [3.63, 3.8) is 0 Å². The molecule has 0 bridgehead atoms. The van der Waals surface area contributed by atoms with Crippen molar-refractivity contribution in [2.45, 2.75) is 28.7 Å². The highest BCUT2D eigenvalue weighted by Crippen LogP contribution is 1.79. The Hall–Kier alpha value is -1.32. The molecule has 1 aromatic heterocycles. The van der Waals surface area contributed by atoms with Gasteiger partial charge in [0.05, 0.1) is 7.05 Å². The molecule has 0 aliphatic carbocycles. The van der Waals surface area contributed by atoms with Gasteiger partial charge in [0.1, 0.15) is 11.9 Å². The minimum absolute atomic E-state index is 0. The Bertz CT molecular complexity index is 211. The number of imidazole rings is 1. The van der Waals surface area contributed by atoms with Crippen LogP contribution in [0.25, 0.3) is 0 Å². The summed E-state index contributed by atoms with van der Waals surface area (Å²) >= 11 is 0. The molecule has 14 heavy (non-hydrogen) atoms. The number of nitrogens with one attached hydrogen (secondary N) is 2. The van der Waals surface area contributed by atoms with Gasteiger partial charge in [-0.15, -0.1) is 0 Å². The lowest BCUT2D eigenvalue weighted by Gasteiger charge is -1.75. The summed E-state index contributed by atoms with van der Waals surface area (Å²) in [5.74, 6) is 0. The lowest BCUT2D eigenvalue weighted by atomic mass is 10.6. The molecule has 0 amide bonds. The van der Waals surface area contributed by atoms with Gasteiger partial charge in [0, 0.05) is 20.2 Å². The van der Waals surface area contributed by atoms with E-state index in [0.29, 0.717) is 0 Å². The van der Waals surface area contributed by atoms with Crippen LogP contribution < -0.4 is 9.99 Å². The van der Waals surface area contributed by atoms with E-state index in [2.05, 4.69) is 15.5 Å². The molecular formula is C10H25N4+. The molecule has 1 aromatic rings. The normalized spacial score (nSPS) is 8.00. The molecule has 0 unspecified atom stereocenters.